The fourth-order valence-electron chi connectivity index (χ4n) is 7.56. The van der Waals surface area contributed by atoms with Gasteiger partial charge in [0, 0.05) is 38.5 Å². The molecular formula is C48H42N4O. The Morgan fingerprint density at radius 3 is 2.09 bits per heavy atom. The summed E-state index contributed by atoms with van der Waals surface area (Å²) in [6.45, 7) is 13.6. The van der Waals surface area contributed by atoms with Crippen LogP contribution in [0, 0.1) is 0 Å². The number of hydrogen-bond acceptors (Lipinski definition) is 3. The molecular weight excluding hydrogens is 649 g/mol. The van der Waals surface area contributed by atoms with Crippen LogP contribution in [-0.4, -0.2) is 24.6 Å². The number of H-pyrrole nitrogens is 1. The van der Waals surface area contributed by atoms with Gasteiger partial charge in [0.15, 0.2) is 0 Å². The Labute approximate surface area is 309 Å². The number of phenols is 1. The van der Waals surface area contributed by atoms with Gasteiger partial charge in [0.25, 0.3) is 0 Å². The molecule has 0 radical (unpaired) electrons. The Hall–Kier alpha value is -6.20. The zero-order valence-corrected chi connectivity index (χ0v) is 31.0. The van der Waals surface area contributed by atoms with Crippen molar-refractivity contribution in [2.45, 2.75) is 52.4 Å². The minimum atomic E-state index is -0.111. The fourth-order valence-corrected chi connectivity index (χ4v) is 7.56. The Morgan fingerprint density at radius 2 is 1.30 bits per heavy atom. The topological polar surface area (TPSA) is 66.7 Å². The lowest BCUT2D eigenvalue weighted by Crippen LogP contribution is -2.11. The highest BCUT2D eigenvalue weighted by Gasteiger charge is 2.25. The van der Waals surface area contributed by atoms with E-state index >= 15 is 0 Å². The van der Waals surface area contributed by atoms with Crippen LogP contribution in [0.5, 0.6) is 5.75 Å². The number of phenolic OH excluding ortho intramolecular Hbond substituents is 1. The van der Waals surface area contributed by atoms with Gasteiger partial charge in [-0.05, 0) is 87.7 Å². The molecule has 3 heterocycles. The third-order valence-electron chi connectivity index (χ3n) is 10.6. The van der Waals surface area contributed by atoms with Crippen LogP contribution >= 0.6 is 0 Å². The predicted octanol–water partition coefficient (Wildman–Crippen LogP) is 12.5. The molecule has 0 unspecified atom stereocenters. The normalized spacial score (nSPS) is 12.4. The highest BCUT2D eigenvalue weighted by atomic mass is 16.3. The number of fused-ring (bicyclic) bond motifs is 5. The molecule has 0 atom stereocenters. The number of rotatable bonds is 4. The molecule has 0 bridgehead atoms. The highest BCUT2D eigenvalue weighted by Crippen LogP contribution is 2.42. The molecule has 9 aromatic rings. The summed E-state index contributed by atoms with van der Waals surface area (Å²) in [6, 6.07) is 46.6. The molecule has 0 aliphatic carbocycles. The minimum Gasteiger partial charge on any atom is -0.506 e. The van der Waals surface area contributed by atoms with E-state index in [9.17, 15) is 5.11 Å². The number of aromatic hydroxyl groups is 1. The van der Waals surface area contributed by atoms with Gasteiger partial charge in [-0.2, -0.15) is 0 Å². The number of benzene rings is 6. The van der Waals surface area contributed by atoms with Gasteiger partial charge in [-0.1, -0.05) is 120 Å². The summed E-state index contributed by atoms with van der Waals surface area (Å²) in [4.78, 5) is 14.4. The van der Waals surface area contributed by atoms with Gasteiger partial charge < -0.3 is 10.1 Å². The van der Waals surface area contributed by atoms with Crippen LogP contribution in [0.2, 0.25) is 0 Å². The van der Waals surface area contributed by atoms with Gasteiger partial charge in [0.2, 0.25) is 0 Å². The molecule has 0 saturated heterocycles. The summed E-state index contributed by atoms with van der Waals surface area (Å²) in [5, 5.41) is 14.0. The third kappa shape index (κ3) is 5.55. The molecule has 0 fully saturated rings. The first-order chi connectivity index (χ1) is 25.4. The summed E-state index contributed by atoms with van der Waals surface area (Å²) in [7, 11) is 0. The first-order valence-electron chi connectivity index (χ1n) is 18.3. The number of pyridine rings is 1. The summed E-state index contributed by atoms with van der Waals surface area (Å²) < 4.78 is 2.30. The Kier molecular flexibility index (Phi) is 7.35. The van der Waals surface area contributed by atoms with Crippen LogP contribution in [-0.2, 0) is 10.8 Å². The predicted molar refractivity (Wildman–Crippen MR) is 221 cm³/mol. The summed E-state index contributed by atoms with van der Waals surface area (Å²) in [5.74, 6) is 1.01. The van der Waals surface area contributed by atoms with Crippen LogP contribution in [0.15, 0.2) is 133 Å². The van der Waals surface area contributed by atoms with Gasteiger partial charge >= 0.3 is 0 Å². The van der Waals surface area contributed by atoms with Crippen LogP contribution < -0.4 is 0 Å². The maximum atomic E-state index is 10.7. The second-order valence-electron chi connectivity index (χ2n) is 16.2. The number of nitrogens with zero attached hydrogens (tertiary/aromatic N) is 3. The highest BCUT2D eigenvalue weighted by molar-refractivity contribution is 6.13. The second-order valence-corrected chi connectivity index (χ2v) is 16.2. The first-order valence-corrected chi connectivity index (χ1v) is 18.3. The van der Waals surface area contributed by atoms with Crippen molar-refractivity contribution in [3.8, 4) is 45.2 Å². The molecule has 0 aliphatic heterocycles. The number of aromatic amines is 1. The van der Waals surface area contributed by atoms with E-state index in [-0.39, 0.29) is 16.6 Å². The smallest absolute Gasteiger partial charge is 0.147 e. The zero-order valence-electron chi connectivity index (χ0n) is 31.0. The molecule has 53 heavy (non-hydrogen) atoms. The molecule has 5 nitrogen and oxygen atoms in total. The van der Waals surface area contributed by atoms with Crippen molar-refractivity contribution in [1.82, 2.24) is 19.5 Å². The number of aromatic nitrogens is 4. The maximum absolute atomic E-state index is 10.7. The van der Waals surface area contributed by atoms with E-state index in [1.807, 2.05) is 24.3 Å². The number of para-hydroxylation sites is 2. The van der Waals surface area contributed by atoms with Crippen LogP contribution in [0.25, 0.3) is 83.2 Å². The van der Waals surface area contributed by atoms with Crippen molar-refractivity contribution < 1.29 is 5.11 Å². The zero-order chi connectivity index (χ0) is 36.6. The van der Waals surface area contributed by atoms with Gasteiger partial charge in [0.05, 0.1) is 22.2 Å². The molecule has 3 aromatic heterocycles. The minimum absolute atomic E-state index is 0.0178. The Balaban J connectivity index is 1.38. The molecule has 2 N–H and O–H groups in total. The van der Waals surface area contributed by atoms with Crippen LogP contribution in [0.4, 0.5) is 0 Å². The molecule has 0 saturated carbocycles. The molecule has 5 heteroatoms. The molecule has 0 spiro atoms. The van der Waals surface area contributed by atoms with Crippen molar-refractivity contribution in [2.75, 3.05) is 0 Å². The molecule has 0 aliphatic rings. The first kappa shape index (κ1) is 32.7. The molecule has 0 amide bonds. The van der Waals surface area contributed by atoms with Gasteiger partial charge in [-0.3, -0.25) is 4.57 Å². The largest absolute Gasteiger partial charge is 0.506 e. The van der Waals surface area contributed by atoms with Crippen molar-refractivity contribution in [3.05, 3.63) is 145 Å². The van der Waals surface area contributed by atoms with E-state index in [0.29, 0.717) is 5.52 Å². The summed E-state index contributed by atoms with van der Waals surface area (Å²) >= 11 is 0. The SMILES string of the molecule is CC(C)(C)c1ccc2[nH]c3c(-c4nc5c(-c6ccc7cccc(O)c7n6)cccc5n4-c4cccc(-c5ccccc5)c4)cc(C(C)(C)C)cc3c2c1. The van der Waals surface area contributed by atoms with Crippen molar-refractivity contribution in [3.63, 3.8) is 0 Å². The van der Waals surface area contributed by atoms with E-state index in [1.54, 1.807) is 6.07 Å². The lowest BCUT2D eigenvalue weighted by molar-refractivity contribution is 0.480. The fraction of sp³-hybridized carbons (Fsp3) is 0.167. The monoisotopic (exact) mass is 690 g/mol. The standard InChI is InChI=1S/C48H42N4O/c1-47(2,3)32-22-24-40-36(26-32)37-27-33(48(4,5)6)28-38(44(37)50-40)46-51-45-35(39-23-21-30-15-11-20-42(53)43(30)49-39)18-12-19-41(45)52(46)34-17-10-16-31(25-34)29-13-8-7-9-14-29/h7-28,50,53H,1-6H3. The number of hydrogen-bond donors (Lipinski definition) is 2. The van der Waals surface area contributed by atoms with Gasteiger partial charge in [0.1, 0.15) is 17.1 Å². The average molecular weight is 691 g/mol. The third-order valence-corrected chi connectivity index (χ3v) is 10.6. The summed E-state index contributed by atoms with van der Waals surface area (Å²) in [6.07, 6.45) is 0. The summed E-state index contributed by atoms with van der Waals surface area (Å²) in [5.41, 5.74) is 13.0. The van der Waals surface area contributed by atoms with Crippen molar-refractivity contribution in [1.29, 1.82) is 0 Å². The van der Waals surface area contributed by atoms with E-state index in [4.69, 9.17) is 9.97 Å². The van der Waals surface area contributed by atoms with E-state index in [2.05, 4.69) is 154 Å². The van der Waals surface area contributed by atoms with Gasteiger partial charge in [-0.15, -0.1) is 0 Å². The number of imidazole rings is 1. The maximum Gasteiger partial charge on any atom is 0.147 e. The van der Waals surface area contributed by atoms with E-state index < -0.39 is 0 Å². The number of nitrogens with one attached hydrogen (secondary N) is 1. The van der Waals surface area contributed by atoms with Gasteiger partial charge in [-0.25, -0.2) is 9.97 Å². The lowest BCUT2D eigenvalue weighted by Gasteiger charge is -2.21. The average Bonchev–Trinajstić information content (AvgIpc) is 3.73. The Morgan fingerprint density at radius 1 is 0.566 bits per heavy atom. The molecule has 260 valence electrons. The van der Waals surface area contributed by atoms with Crippen LogP contribution in [0.1, 0.15) is 52.7 Å². The van der Waals surface area contributed by atoms with Crippen LogP contribution in [0.3, 0.4) is 0 Å². The van der Waals surface area contributed by atoms with Crippen molar-refractivity contribution >= 4 is 43.7 Å². The quantitative estimate of drug-likeness (QED) is 0.193. The van der Waals surface area contributed by atoms with Crippen molar-refractivity contribution in [2.24, 2.45) is 0 Å². The molecule has 9 rings (SSSR count). The van der Waals surface area contributed by atoms with E-state index in [1.165, 1.54) is 21.9 Å². The lowest BCUT2D eigenvalue weighted by atomic mass is 9.84. The molecule has 6 aromatic carbocycles. The second kappa shape index (κ2) is 11.9. The van der Waals surface area contributed by atoms with E-state index in [0.717, 1.165) is 66.9 Å². The Bertz CT molecular complexity index is 2860.